The van der Waals surface area contributed by atoms with Gasteiger partial charge in [-0.3, -0.25) is 4.79 Å². The number of hydrogen-bond acceptors (Lipinski definition) is 3. The van der Waals surface area contributed by atoms with E-state index in [0.29, 0.717) is 6.61 Å². The summed E-state index contributed by atoms with van der Waals surface area (Å²) in [6, 6.07) is 16.2. The number of fused-ring (bicyclic) bond motifs is 1. The zero-order valence-electron chi connectivity index (χ0n) is 14.7. The fourth-order valence-corrected chi connectivity index (χ4v) is 3.81. The molecule has 4 rings (SSSR count). The average molecular weight is 373 g/mol. The van der Waals surface area contributed by atoms with Crippen LogP contribution in [-0.4, -0.2) is 19.1 Å². The van der Waals surface area contributed by atoms with Crippen LogP contribution in [0.3, 0.4) is 0 Å². The van der Waals surface area contributed by atoms with Crippen LogP contribution in [0.4, 0.5) is 11.4 Å². The van der Waals surface area contributed by atoms with Gasteiger partial charge in [0.25, 0.3) is 0 Å². The lowest BCUT2D eigenvalue weighted by Crippen LogP contribution is -2.33. The lowest BCUT2D eigenvalue weighted by Gasteiger charge is -2.31. The number of nitrogens with one attached hydrogen (secondary N) is 2. The minimum Gasteiger partial charge on any atom is -0.385 e. The van der Waals surface area contributed by atoms with Crippen molar-refractivity contribution in [3.05, 3.63) is 59.7 Å². The molecule has 2 N–H and O–H groups in total. The molecule has 26 heavy (non-hydrogen) atoms. The van der Waals surface area contributed by atoms with Gasteiger partial charge in [-0.05, 0) is 55.0 Å². The first-order valence-corrected chi connectivity index (χ1v) is 9.15. The molecule has 5 heteroatoms. The Morgan fingerprint density at radius 3 is 2.81 bits per heavy atom. The molecule has 2 aromatic rings. The second kappa shape index (κ2) is 8.56. The predicted molar refractivity (Wildman–Crippen MR) is 107 cm³/mol. The van der Waals surface area contributed by atoms with Crippen molar-refractivity contribution in [2.24, 2.45) is 5.92 Å². The Bertz CT molecular complexity index is 751. The number of amides is 1. The summed E-state index contributed by atoms with van der Waals surface area (Å²) in [5, 5.41) is 6.52. The Balaban J connectivity index is 0.00000196. The second-order valence-corrected chi connectivity index (χ2v) is 6.84. The van der Waals surface area contributed by atoms with Gasteiger partial charge in [-0.2, -0.15) is 0 Å². The maximum atomic E-state index is 12.9. The van der Waals surface area contributed by atoms with Gasteiger partial charge < -0.3 is 15.4 Å². The Hall–Kier alpha value is -2.04. The van der Waals surface area contributed by atoms with Gasteiger partial charge in [-0.25, -0.2) is 0 Å². The first kappa shape index (κ1) is 18.7. The Morgan fingerprint density at radius 1 is 1.12 bits per heavy atom. The van der Waals surface area contributed by atoms with E-state index >= 15 is 0 Å². The molecule has 0 aliphatic carbocycles. The van der Waals surface area contributed by atoms with E-state index in [0.717, 1.165) is 43.5 Å². The van der Waals surface area contributed by atoms with Crippen LogP contribution in [-0.2, 0) is 16.0 Å². The Labute approximate surface area is 160 Å². The van der Waals surface area contributed by atoms with Crippen molar-refractivity contribution in [2.45, 2.75) is 31.8 Å². The van der Waals surface area contributed by atoms with Crippen molar-refractivity contribution in [2.75, 3.05) is 23.8 Å². The average Bonchev–Trinajstić information content (AvgIpc) is 2.68. The lowest BCUT2D eigenvalue weighted by atomic mass is 9.88. The molecule has 2 unspecified atom stereocenters. The van der Waals surface area contributed by atoms with E-state index in [-0.39, 0.29) is 30.3 Å². The monoisotopic (exact) mass is 372 g/mol. The first-order valence-electron chi connectivity index (χ1n) is 9.15. The SMILES string of the molecule is Cl.O=C(Nc1ccc2c(c1)CCCN2)C1CCCOC1c1ccccc1. The van der Waals surface area contributed by atoms with Crippen LogP contribution in [0.2, 0.25) is 0 Å². The van der Waals surface area contributed by atoms with Crippen LogP contribution in [0.5, 0.6) is 0 Å². The molecule has 2 heterocycles. The fourth-order valence-electron chi connectivity index (χ4n) is 3.81. The molecular formula is C21H25ClN2O2. The standard InChI is InChI=1S/C21H24N2O2.ClH/c24-21(23-17-10-11-19-16(14-17)8-4-12-22-19)18-9-5-13-25-20(18)15-6-2-1-3-7-15;/h1-3,6-7,10-11,14,18,20,22H,4-5,8-9,12-13H2,(H,23,24);1H. The molecule has 0 aromatic heterocycles. The van der Waals surface area contributed by atoms with Crippen molar-refractivity contribution >= 4 is 29.7 Å². The number of aryl methyl sites for hydroxylation is 1. The minimum absolute atomic E-state index is 0. The highest BCUT2D eigenvalue weighted by atomic mass is 35.5. The van der Waals surface area contributed by atoms with E-state index in [1.165, 1.54) is 11.3 Å². The van der Waals surface area contributed by atoms with Gasteiger partial charge in [0.15, 0.2) is 0 Å². The van der Waals surface area contributed by atoms with E-state index in [1.807, 2.05) is 36.4 Å². The van der Waals surface area contributed by atoms with Crippen LogP contribution in [0, 0.1) is 5.92 Å². The molecule has 1 saturated heterocycles. The van der Waals surface area contributed by atoms with Gasteiger partial charge in [0.2, 0.25) is 5.91 Å². The highest BCUT2D eigenvalue weighted by Crippen LogP contribution is 2.34. The predicted octanol–water partition coefficient (Wildman–Crippen LogP) is 4.57. The highest BCUT2D eigenvalue weighted by Gasteiger charge is 2.33. The van der Waals surface area contributed by atoms with Crippen LogP contribution in [0.1, 0.15) is 36.5 Å². The van der Waals surface area contributed by atoms with Crippen LogP contribution in [0.15, 0.2) is 48.5 Å². The van der Waals surface area contributed by atoms with Crippen LogP contribution in [0.25, 0.3) is 0 Å². The Kier molecular flexibility index (Phi) is 6.17. The zero-order chi connectivity index (χ0) is 17.1. The number of carbonyl (C=O) groups excluding carboxylic acids is 1. The molecule has 4 nitrogen and oxygen atoms in total. The van der Waals surface area contributed by atoms with E-state index in [2.05, 4.69) is 22.8 Å². The third kappa shape index (κ3) is 4.02. The number of ether oxygens (including phenoxy) is 1. The van der Waals surface area contributed by atoms with Crippen LogP contribution >= 0.6 is 12.4 Å². The fraction of sp³-hybridized carbons (Fsp3) is 0.381. The summed E-state index contributed by atoms with van der Waals surface area (Å²) in [6.45, 7) is 1.74. The summed E-state index contributed by atoms with van der Waals surface area (Å²) in [7, 11) is 0. The number of rotatable bonds is 3. The van der Waals surface area contributed by atoms with Gasteiger partial charge in [-0.1, -0.05) is 30.3 Å². The van der Waals surface area contributed by atoms with E-state index in [4.69, 9.17) is 4.74 Å². The molecule has 2 aromatic carbocycles. The van der Waals surface area contributed by atoms with E-state index < -0.39 is 0 Å². The van der Waals surface area contributed by atoms with Gasteiger partial charge in [0, 0.05) is 24.5 Å². The third-order valence-corrected chi connectivity index (χ3v) is 5.10. The molecular weight excluding hydrogens is 348 g/mol. The number of halogens is 1. The van der Waals surface area contributed by atoms with Crippen molar-refractivity contribution in [1.29, 1.82) is 0 Å². The van der Waals surface area contributed by atoms with Gasteiger partial charge in [0.05, 0.1) is 12.0 Å². The van der Waals surface area contributed by atoms with E-state index in [9.17, 15) is 4.79 Å². The van der Waals surface area contributed by atoms with Crippen molar-refractivity contribution in [3.63, 3.8) is 0 Å². The summed E-state index contributed by atoms with van der Waals surface area (Å²) in [6.07, 6.45) is 3.82. The smallest absolute Gasteiger partial charge is 0.230 e. The highest BCUT2D eigenvalue weighted by molar-refractivity contribution is 5.93. The molecule has 0 radical (unpaired) electrons. The van der Waals surface area contributed by atoms with Gasteiger partial charge >= 0.3 is 0 Å². The summed E-state index contributed by atoms with van der Waals surface area (Å²) in [4.78, 5) is 12.9. The first-order chi connectivity index (χ1) is 12.3. The summed E-state index contributed by atoms with van der Waals surface area (Å²) in [5.74, 6) is -0.0948. The molecule has 2 aliphatic rings. The maximum Gasteiger partial charge on any atom is 0.230 e. The van der Waals surface area contributed by atoms with Gasteiger partial charge in [0.1, 0.15) is 0 Å². The molecule has 138 valence electrons. The van der Waals surface area contributed by atoms with Crippen molar-refractivity contribution in [1.82, 2.24) is 0 Å². The molecule has 2 atom stereocenters. The largest absolute Gasteiger partial charge is 0.385 e. The third-order valence-electron chi connectivity index (χ3n) is 5.10. The number of anilines is 2. The second-order valence-electron chi connectivity index (χ2n) is 6.84. The van der Waals surface area contributed by atoms with Crippen LogP contribution < -0.4 is 10.6 Å². The van der Waals surface area contributed by atoms with E-state index in [1.54, 1.807) is 0 Å². The molecule has 2 aliphatic heterocycles. The Morgan fingerprint density at radius 2 is 1.96 bits per heavy atom. The normalized spacial score (nSPS) is 21.7. The topological polar surface area (TPSA) is 50.4 Å². The molecule has 0 bridgehead atoms. The van der Waals surface area contributed by atoms with Crippen molar-refractivity contribution in [3.8, 4) is 0 Å². The quantitative estimate of drug-likeness (QED) is 0.829. The molecule has 1 amide bonds. The minimum atomic E-state index is -0.158. The molecule has 0 spiro atoms. The molecule has 0 saturated carbocycles. The number of hydrogen-bond donors (Lipinski definition) is 2. The number of benzene rings is 2. The number of carbonyl (C=O) groups is 1. The summed E-state index contributed by atoms with van der Waals surface area (Å²) >= 11 is 0. The van der Waals surface area contributed by atoms with Crippen molar-refractivity contribution < 1.29 is 9.53 Å². The maximum absolute atomic E-state index is 12.9. The summed E-state index contributed by atoms with van der Waals surface area (Å²) < 4.78 is 5.96. The lowest BCUT2D eigenvalue weighted by molar-refractivity contribution is -0.129. The van der Waals surface area contributed by atoms with Gasteiger partial charge in [-0.15, -0.1) is 12.4 Å². The summed E-state index contributed by atoms with van der Waals surface area (Å²) in [5.41, 5.74) is 4.43. The zero-order valence-corrected chi connectivity index (χ0v) is 15.6. The molecule has 1 fully saturated rings.